The highest BCUT2D eigenvalue weighted by Crippen LogP contribution is 2.10. The number of nitro groups is 1. The summed E-state index contributed by atoms with van der Waals surface area (Å²) < 4.78 is 0. The molecule has 0 radical (unpaired) electrons. The van der Waals surface area contributed by atoms with Crippen LogP contribution in [-0.4, -0.2) is 10.8 Å². The second-order valence-electron chi connectivity index (χ2n) is 2.17. The second-order valence-corrected chi connectivity index (χ2v) is 2.17. The zero-order valence-electron chi connectivity index (χ0n) is 8.06. The van der Waals surface area contributed by atoms with Crippen molar-refractivity contribution < 1.29 is 9.72 Å². The molecule has 2 N–H and O–H groups in total. The van der Waals surface area contributed by atoms with Crippen molar-refractivity contribution in [3.05, 3.63) is 39.9 Å². The maximum atomic E-state index is 10.5. The van der Waals surface area contributed by atoms with Gasteiger partial charge in [-0.25, -0.2) is 0 Å². The minimum absolute atomic E-state index is 0.0556. The van der Waals surface area contributed by atoms with Gasteiger partial charge in [-0.3, -0.25) is 14.9 Å². The van der Waals surface area contributed by atoms with E-state index in [1.807, 2.05) is 13.8 Å². The molecule has 0 saturated heterocycles. The maximum Gasteiger partial charge on any atom is 0.269 e. The van der Waals surface area contributed by atoms with Gasteiger partial charge in [0.15, 0.2) is 0 Å². The van der Waals surface area contributed by atoms with Crippen LogP contribution in [0.4, 0.5) is 5.69 Å². The first kappa shape index (κ1) is 12.1. The van der Waals surface area contributed by atoms with Crippen molar-refractivity contribution in [1.82, 2.24) is 0 Å². The Morgan fingerprint density at radius 1 is 1.29 bits per heavy atom. The molecule has 0 aliphatic rings. The molecule has 5 nitrogen and oxygen atoms in total. The fourth-order valence-corrected chi connectivity index (χ4v) is 0.747. The van der Waals surface area contributed by atoms with E-state index in [4.69, 9.17) is 5.73 Å². The summed E-state index contributed by atoms with van der Waals surface area (Å²) in [5.74, 6) is -0.593. The average molecular weight is 196 g/mol. The van der Waals surface area contributed by atoms with Gasteiger partial charge in [-0.1, -0.05) is 13.8 Å². The number of nitrogens with zero attached hydrogens (tertiary/aromatic N) is 1. The van der Waals surface area contributed by atoms with E-state index >= 15 is 0 Å². The van der Waals surface area contributed by atoms with Crippen LogP contribution in [0, 0.1) is 10.1 Å². The number of benzene rings is 1. The van der Waals surface area contributed by atoms with Crippen molar-refractivity contribution >= 4 is 11.6 Å². The molecule has 0 fully saturated rings. The largest absolute Gasteiger partial charge is 0.366 e. The van der Waals surface area contributed by atoms with Gasteiger partial charge in [0.2, 0.25) is 5.91 Å². The molecule has 1 amide bonds. The molecule has 5 heteroatoms. The highest BCUT2D eigenvalue weighted by molar-refractivity contribution is 5.92. The van der Waals surface area contributed by atoms with Crippen molar-refractivity contribution in [2.45, 2.75) is 13.8 Å². The van der Waals surface area contributed by atoms with Gasteiger partial charge in [0, 0.05) is 17.7 Å². The average Bonchev–Trinajstić information content (AvgIpc) is 2.21. The molecule has 0 aliphatic carbocycles. The van der Waals surface area contributed by atoms with Gasteiger partial charge in [0.25, 0.3) is 5.69 Å². The normalized spacial score (nSPS) is 8.43. The van der Waals surface area contributed by atoms with Crippen LogP contribution >= 0.6 is 0 Å². The third-order valence-electron chi connectivity index (χ3n) is 1.36. The first-order valence-corrected chi connectivity index (χ1v) is 4.15. The molecule has 0 heterocycles. The fraction of sp³-hybridized carbons (Fsp3) is 0.222. The number of non-ortho nitro benzene ring substituents is 1. The summed E-state index contributed by atoms with van der Waals surface area (Å²) in [5.41, 5.74) is 5.14. The van der Waals surface area contributed by atoms with Gasteiger partial charge in [-0.15, -0.1) is 0 Å². The van der Waals surface area contributed by atoms with Gasteiger partial charge < -0.3 is 5.73 Å². The lowest BCUT2D eigenvalue weighted by molar-refractivity contribution is -0.384. The summed E-state index contributed by atoms with van der Waals surface area (Å²) >= 11 is 0. The van der Waals surface area contributed by atoms with Crippen LogP contribution in [0.25, 0.3) is 0 Å². The number of rotatable bonds is 2. The summed E-state index contributed by atoms with van der Waals surface area (Å²) in [5, 5.41) is 10.2. The van der Waals surface area contributed by atoms with Gasteiger partial charge >= 0.3 is 0 Å². The van der Waals surface area contributed by atoms with Crippen LogP contribution in [0.5, 0.6) is 0 Å². The highest BCUT2D eigenvalue weighted by atomic mass is 16.6. The van der Waals surface area contributed by atoms with E-state index in [1.165, 1.54) is 24.3 Å². The Morgan fingerprint density at radius 3 is 2.00 bits per heavy atom. The summed E-state index contributed by atoms with van der Waals surface area (Å²) in [7, 11) is 0. The van der Waals surface area contributed by atoms with Crippen LogP contribution in [0.15, 0.2) is 24.3 Å². The number of amides is 1. The molecule has 1 aromatic rings. The van der Waals surface area contributed by atoms with Crippen molar-refractivity contribution in [3.8, 4) is 0 Å². The SMILES string of the molecule is CC.NC(=O)c1ccc([N+](=O)[O-])cc1. The standard InChI is InChI=1S/C7H6N2O3.C2H6/c8-7(10)5-1-3-6(4-2-5)9(11)12;1-2/h1-4H,(H2,8,10);1-2H3. The number of carbonyl (C=O) groups excluding carboxylic acids is 1. The quantitative estimate of drug-likeness (QED) is 0.577. The first-order valence-electron chi connectivity index (χ1n) is 4.15. The van der Waals surface area contributed by atoms with E-state index in [-0.39, 0.29) is 11.3 Å². The van der Waals surface area contributed by atoms with Crippen LogP contribution in [-0.2, 0) is 0 Å². The molecule has 0 aliphatic heterocycles. The number of hydrogen-bond acceptors (Lipinski definition) is 3. The Balaban J connectivity index is 0.000000791. The van der Waals surface area contributed by atoms with E-state index in [9.17, 15) is 14.9 Å². The van der Waals surface area contributed by atoms with Gasteiger partial charge in [0.1, 0.15) is 0 Å². The molecule has 0 unspecified atom stereocenters. The van der Waals surface area contributed by atoms with Gasteiger partial charge in [0.05, 0.1) is 4.92 Å². The predicted octanol–water partition coefficient (Wildman–Crippen LogP) is 1.72. The van der Waals surface area contributed by atoms with Crippen LogP contribution in [0.2, 0.25) is 0 Å². The lowest BCUT2D eigenvalue weighted by atomic mass is 10.2. The van der Waals surface area contributed by atoms with Gasteiger partial charge in [-0.05, 0) is 12.1 Å². The Labute approximate surface area is 81.7 Å². The van der Waals surface area contributed by atoms with Crippen LogP contribution < -0.4 is 5.73 Å². The molecular weight excluding hydrogens is 184 g/mol. The molecule has 0 saturated carbocycles. The zero-order valence-corrected chi connectivity index (χ0v) is 8.06. The Hall–Kier alpha value is -1.91. The van der Waals surface area contributed by atoms with E-state index in [0.717, 1.165) is 0 Å². The summed E-state index contributed by atoms with van der Waals surface area (Å²) in [4.78, 5) is 20.2. The van der Waals surface area contributed by atoms with Gasteiger partial charge in [-0.2, -0.15) is 0 Å². The minimum Gasteiger partial charge on any atom is -0.366 e. The van der Waals surface area contributed by atoms with E-state index in [2.05, 4.69) is 0 Å². The van der Waals surface area contributed by atoms with Crippen LogP contribution in [0.1, 0.15) is 24.2 Å². The zero-order chi connectivity index (χ0) is 11.1. The Morgan fingerprint density at radius 2 is 1.71 bits per heavy atom. The van der Waals surface area contributed by atoms with Crippen LogP contribution in [0.3, 0.4) is 0 Å². The molecule has 0 spiro atoms. The predicted molar refractivity (Wildman–Crippen MR) is 53.0 cm³/mol. The number of nitro benzene ring substituents is 1. The molecule has 14 heavy (non-hydrogen) atoms. The second kappa shape index (κ2) is 5.69. The van der Waals surface area contributed by atoms with E-state index in [1.54, 1.807) is 0 Å². The molecule has 0 bridgehead atoms. The highest BCUT2D eigenvalue weighted by Gasteiger charge is 2.05. The molecular formula is C9H12N2O3. The number of primary amides is 1. The summed E-state index contributed by atoms with van der Waals surface area (Å²) in [6.07, 6.45) is 0. The third-order valence-corrected chi connectivity index (χ3v) is 1.36. The minimum atomic E-state index is -0.593. The first-order chi connectivity index (χ1) is 6.61. The molecule has 1 rings (SSSR count). The lowest BCUT2D eigenvalue weighted by Crippen LogP contribution is -2.10. The molecule has 76 valence electrons. The Bertz CT molecular complexity index is 286. The van der Waals surface area contributed by atoms with E-state index in [0.29, 0.717) is 0 Å². The lowest BCUT2D eigenvalue weighted by Gasteiger charge is -1.93. The monoisotopic (exact) mass is 196 g/mol. The molecule has 0 aromatic heterocycles. The molecule has 1 aromatic carbocycles. The number of nitrogens with two attached hydrogens (primary N) is 1. The maximum absolute atomic E-state index is 10.5. The van der Waals surface area contributed by atoms with E-state index < -0.39 is 10.8 Å². The molecule has 0 atom stereocenters. The topological polar surface area (TPSA) is 86.2 Å². The summed E-state index contributed by atoms with van der Waals surface area (Å²) in [6, 6.07) is 5.11. The summed E-state index contributed by atoms with van der Waals surface area (Å²) in [6.45, 7) is 4.00. The van der Waals surface area contributed by atoms with Crippen molar-refractivity contribution in [1.29, 1.82) is 0 Å². The number of carbonyl (C=O) groups is 1. The van der Waals surface area contributed by atoms with Crippen molar-refractivity contribution in [2.75, 3.05) is 0 Å². The fourth-order valence-electron chi connectivity index (χ4n) is 0.747. The Kier molecular flexibility index (Phi) is 4.91. The van der Waals surface area contributed by atoms with Crippen molar-refractivity contribution in [3.63, 3.8) is 0 Å². The number of hydrogen-bond donors (Lipinski definition) is 1. The third kappa shape index (κ3) is 3.22. The smallest absolute Gasteiger partial charge is 0.269 e. The van der Waals surface area contributed by atoms with Crippen molar-refractivity contribution in [2.24, 2.45) is 5.73 Å².